The normalized spacial score (nSPS) is 10.9. The van der Waals surface area contributed by atoms with Gasteiger partial charge in [0.15, 0.2) is 0 Å². The summed E-state index contributed by atoms with van der Waals surface area (Å²) in [6, 6.07) is 17.8. The van der Waals surface area contributed by atoms with Crippen molar-refractivity contribution in [3.05, 3.63) is 86.3 Å². The number of aromatic carboxylic acids is 1. The highest BCUT2D eigenvalue weighted by molar-refractivity contribution is 9.11. The van der Waals surface area contributed by atoms with E-state index in [0.29, 0.717) is 12.4 Å². The minimum Gasteiger partial charge on any atom is -0.497 e. The molecule has 0 amide bonds. The van der Waals surface area contributed by atoms with E-state index in [1.807, 2.05) is 36.4 Å². The number of carbonyl (C=O) groups is 1. The van der Waals surface area contributed by atoms with Gasteiger partial charge in [-0.2, -0.15) is 0 Å². The average molecular weight is 519 g/mol. The van der Waals surface area contributed by atoms with E-state index in [9.17, 15) is 4.79 Å². The van der Waals surface area contributed by atoms with Gasteiger partial charge in [-0.15, -0.1) is 0 Å². The fourth-order valence-corrected chi connectivity index (χ4v) is 3.91. The summed E-state index contributed by atoms with van der Waals surface area (Å²) in [5.74, 6) is 0.463. The Labute approximate surface area is 185 Å². The molecule has 0 radical (unpaired) electrons. The lowest BCUT2D eigenvalue weighted by molar-refractivity contribution is 0.0697. The summed E-state index contributed by atoms with van der Waals surface area (Å²) in [5, 5.41) is 9.00. The number of hydrogen-bond acceptors (Lipinski definition) is 4. The molecule has 3 aromatic carbocycles. The molecule has 0 aliphatic rings. The van der Waals surface area contributed by atoms with E-state index in [2.05, 4.69) is 36.9 Å². The first-order chi connectivity index (χ1) is 14.0. The molecule has 0 aliphatic heterocycles. The average Bonchev–Trinajstić information content (AvgIpc) is 2.72. The molecule has 0 aromatic heterocycles. The van der Waals surface area contributed by atoms with E-state index in [1.54, 1.807) is 37.6 Å². The summed E-state index contributed by atoms with van der Waals surface area (Å²) < 4.78 is 12.8. The molecule has 0 fully saturated rings. The van der Waals surface area contributed by atoms with Crippen molar-refractivity contribution >= 4 is 49.7 Å². The van der Waals surface area contributed by atoms with Gasteiger partial charge in [-0.25, -0.2) is 4.79 Å². The molecule has 3 rings (SSSR count). The maximum absolute atomic E-state index is 11.0. The standard InChI is InChI=1S/C22H17Br2NO4/c1-28-19-8-6-18(7-9-19)25-12-16-10-17(23)11-20(24)21(16)29-13-14-2-4-15(5-3-14)22(26)27/h2-12H,13H2,1H3,(H,26,27). The first-order valence-corrected chi connectivity index (χ1v) is 10.2. The van der Waals surface area contributed by atoms with Crippen molar-refractivity contribution in [3.63, 3.8) is 0 Å². The molecule has 1 N–H and O–H groups in total. The highest BCUT2D eigenvalue weighted by Crippen LogP contribution is 2.33. The number of hydrogen-bond donors (Lipinski definition) is 1. The van der Waals surface area contributed by atoms with Gasteiger partial charge in [-0.1, -0.05) is 28.1 Å². The lowest BCUT2D eigenvalue weighted by atomic mass is 10.1. The van der Waals surface area contributed by atoms with Crippen molar-refractivity contribution in [1.82, 2.24) is 0 Å². The largest absolute Gasteiger partial charge is 0.497 e. The lowest BCUT2D eigenvalue weighted by Crippen LogP contribution is -2.01. The number of ether oxygens (including phenoxy) is 2. The first kappa shape index (κ1) is 21.1. The molecule has 5 nitrogen and oxygen atoms in total. The van der Waals surface area contributed by atoms with E-state index < -0.39 is 5.97 Å². The Balaban J connectivity index is 1.80. The molecule has 0 unspecified atom stereocenters. The fraction of sp³-hybridized carbons (Fsp3) is 0.0909. The number of methoxy groups -OCH3 is 1. The molecule has 148 valence electrons. The Morgan fingerprint density at radius 2 is 1.76 bits per heavy atom. The summed E-state index contributed by atoms with van der Waals surface area (Å²) in [4.78, 5) is 15.5. The fourth-order valence-electron chi connectivity index (χ4n) is 2.54. The maximum Gasteiger partial charge on any atom is 0.335 e. The van der Waals surface area contributed by atoms with Gasteiger partial charge < -0.3 is 14.6 Å². The van der Waals surface area contributed by atoms with E-state index in [4.69, 9.17) is 14.6 Å². The Kier molecular flexibility index (Phi) is 7.06. The Hall–Kier alpha value is -2.64. The van der Waals surface area contributed by atoms with Gasteiger partial charge in [-0.05, 0) is 70.0 Å². The smallest absolute Gasteiger partial charge is 0.335 e. The van der Waals surface area contributed by atoms with Crippen molar-refractivity contribution in [2.75, 3.05) is 7.11 Å². The molecule has 0 heterocycles. The zero-order valence-corrected chi connectivity index (χ0v) is 18.6. The molecule has 3 aromatic rings. The second kappa shape index (κ2) is 9.71. The summed E-state index contributed by atoms with van der Waals surface area (Å²) >= 11 is 7.03. The molecular formula is C22H17Br2NO4. The van der Waals surface area contributed by atoms with E-state index >= 15 is 0 Å². The number of carboxylic acids is 1. The number of aliphatic imine (C=N–C) groups is 1. The monoisotopic (exact) mass is 517 g/mol. The Bertz CT molecular complexity index is 1030. The molecule has 0 saturated carbocycles. The van der Waals surface area contributed by atoms with Crippen LogP contribution in [0.3, 0.4) is 0 Å². The van der Waals surface area contributed by atoms with E-state index in [-0.39, 0.29) is 5.56 Å². The third-order valence-corrected chi connectivity index (χ3v) is 5.09. The molecular weight excluding hydrogens is 502 g/mol. The Morgan fingerprint density at radius 1 is 1.07 bits per heavy atom. The summed E-state index contributed by atoms with van der Waals surface area (Å²) in [7, 11) is 1.62. The van der Waals surface area contributed by atoms with Crippen LogP contribution in [0.5, 0.6) is 11.5 Å². The molecule has 0 saturated heterocycles. The third-order valence-electron chi connectivity index (χ3n) is 4.05. The molecule has 29 heavy (non-hydrogen) atoms. The van der Waals surface area contributed by atoms with Gasteiger partial charge >= 0.3 is 5.97 Å². The molecule has 7 heteroatoms. The van der Waals surface area contributed by atoms with Gasteiger partial charge in [0.1, 0.15) is 18.1 Å². The number of benzene rings is 3. The van der Waals surface area contributed by atoms with Crippen LogP contribution in [0, 0.1) is 0 Å². The van der Waals surface area contributed by atoms with E-state index in [0.717, 1.165) is 31.5 Å². The van der Waals surface area contributed by atoms with E-state index in [1.165, 1.54) is 0 Å². The van der Waals surface area contributed by atoms with Gasteiger partial charge in [-0.3, -0.25) is 4.99 Å². The van der Waals surface area contributed by atoms with Gasteiger partial charge in [0, 0.05) is 16.3 Å². The van der Waals surface area contributed by atoms with Crippen molar-refractivity contribution < 1.29 is 19.4 Å². The summed E-state index contributed by atoms with van der Waals surface area (Å²) in [6.45, 7) is 0.295. The minimum atomic E-state index is -0.954. The maximum atomic E-state index is 11.0. The highest BCUT2D eigenvalue weighted by atomic mass is 79.9. The minimum absolute atomic E-state index is 0.242. The zero-order chi connectivity index (χ0) is 20.8. The second-order valence-electron chi connectivity index (χ2n) is 6.05. The predicted molar refractivity (Wildman–Crippen MR) is 120 cm³/mol. The lowest BCUT2D eigenvalue weighted by Gasteiger charge is -2.12. The SMILES string of the molecule is COc1ccc(N=Cc2cc(Br)cc(Br)c2OCc2ccc(C(=O)O)cc2)cc1. The van der Waals surface area contributed by atoms with Crippen LogP contribution in [0.1, 0.15) is 21.5 Å². The molecule has 0 bridgehead atoms. The summed E-state index contributed by atoms with van der Waals surface area (Å²) in [6.07, 6.45) is 1.74. The van der Waals surface area contributed by atoms with Crippen LogP contribution in [-0.4, -0.2) is 24.4 Å². The number of rotatable bonds is 7. The van der Waals surface area contributed by atoms with Crippen molar-refractivity contribution in [1.29, 1.82) is 0 Å². The predicted octanol–water partition coefficient (Wildman–Crippen LogP) is 6.25. The van der Waals surface area contributed by atoms with Gasteiger partial charge in [0.2, 0.25) is 0 Å². The van der Waals surface area contributed by atoms with Crippen LogP contribution >= 0.6 is 31.9 Å². The molecule has 0 aliphatic carbocycles. The van der Waals surface area contributed by atoms with Crippen LogP contribution < -0.4 is 9.47 Å². The van der Waals surface area contributed by atoms with Crippen LogP contribution in [0.2, 0.25) is 0 Å². The van der Waals surface area contributed by atoms with Gasteiger partial charge in [0.05, 0.1) is 22.8 Å². The van der Waals surface area contributed by atoms with Crippen LogP contribution in [0.15, 0.2) is 74.6 Å². The van der Waals surface area contributed by atoms with Crippen molar-refractivity contribution in [2.45, 2.75) is 6.61 Å². The van der Waals surface area contributed by atoms with Gasteiger partial charge in [0.25, 0.3) is 0 Å². The third kappa shape index (κ3) is 5.68. The van der Waals surface area contributed by atoms with Crippen LogP contribution in [-0.2, 0) is 6.61 Å². The highest BCUT2D eigenvalue weighted by Gasteiger charge is 2.10. The quantitative estimate of drug-likeness (QED) is 0.375. The molecule has 0 spiro atoms. The Morgan fingerprint density at radius 3 is 2.38 bits per heavy atom. The number of carboxylic acid groups (broad SMARTS) is 1. The first-order valence-electron chi connectivity index (χ1n) is 8.58. The summed E-state index contributed by atoms with van der Waals surface area (Å²) in [5.41, 5.74) is 2.69. The molecule has 0 atom stereocenters. The van der Waals surface area contributed by atoms with Crippen LogP contribution in [0.25, 0.3) is 0 Å². The number of halogens is 2. The van der Waals surface area contributed by atoms with Crippen molar-refractivity contribution in [2.24, 2.45) is 4.99 Å². The van der Waals surface area contributed by atoms with Crippen molar-refractivity contribution in [3.8, 4) is 11.5 Å². The number of nitrogens with zero attached hydrogens (tertiary/aromatic N) is 1. The topological polar surface area (TPSA) is 68.1 Å². The second-order valence-corrected chi connectivity index (χ2v) is 7.82. The zero-order valence-electron chi connectivity index (χ0n) is 15.4. The van der Waals surface area contributed by atoms with Crippen LogP contribution in [0.4, 0.5) is 5.69 Å².